The summed E-state index contributed by atoms with van der Waals surface area (Å²) in [6.45, 7) is 4.52. The molecule has 1 saturated heterocycles. The number of hydrogen-bond donors (Lipinski definition) is 3. The van der Waals surface area contributed by atoms with Crippen molar-refractivity contribution in [2.75, 3.05) is 31.1 Å². The van der Waals surface area contributed by atoms with Gasteiger partial charge in [0.1, 0.15) is 6.33 Å². The van der Waals surface area contributed by atoms with Crippen LogP contribution in [0.5, 0.6) is 0 Å². The summed E-state index contributed by atoms with van der Waals surface area (Å²) in [5.74, 6) is 0.765. The van der Waals surface area contributed by atoms with Crippen LogP contribution in [-0.4, -0.2) is 66.3 Å². The molecule has 0 bridgehead atoms. The number of unbranched alkanes of at least 4 members (excludes halogenated alkanes) is 1. The topological polar surface area (TPSA) is 134 Å². The summed E-state index contributed by atoms with van der Waals surface area (Å²) >= 11 is 0. The highest BCUT2D eigenvalue weighted by Crippen LogP contribution is 2.30. The maximum absolute atomic E-state index is 12.8. The molecule has 11 heteroatoms. The first-order valence-electron chi connectivity index (χ1n) is 12.2. The van der Waals surface area contributed by atoms with E-state index in [0.29, 0.717) is 61.8 Å². The van der Waals surface area contributed by atoms with E-state index in [0.717, 1.165) is 23.9 Å². The highest BCUT2D eigenvalue weighted by Gasteiger charge is 2.27. The van der Waals surface area contributed by atoms with Gasteiger partial charge < -0.3 is 24.9 Å². The number of rotatable bonds is 8. The molecule has 3 aromatic heterocycles. The minimum atomic E-state index is -0.258. The summed E-state index contributed by atoms with van der Waals surface area (Å²) < 4.78 is 3.67. The minimum absolute atomic E-state index is 0.0783. The number of aryl methyl sites for hydroxylation is 1. The van der Waals surface area contributed by atoms with Gasteiger partial charge in [-0.05, 0) is 44.7 Å². The highest BCUT2D eigenvalue weighted by molar-refractivity contribution is 5.96. The number of anilines is 1. The van der Waals surface area contributed by atoms with Crippen LogP contribution in [0, 0.1) is 0 Å². The Hall–Kier alpha value is -3.73. The SMILES string of the molecule is CCn1c(C(=O)NCCCCO)nc2c(N3CCC(n4c(=O)[nH]c5ccccc54)CC3)ncnc21. The molecule has 35 heavy (non-hydrogen) atoms. The maximum Gasteiger partial charge on any atom is 0.326 e. The molecule has 1 fully saturated rings. The molecule has 5 rings (SSSR count). The normalized spacial score (nSPS) is 14.7. The van der Waals surface area contributed by atoms with E-state index < -0.39 is 0 Å². The third kappa shape index (κ3) is 4.27. The van der Waals surface area contributed by atoms with Crippen molar-refractivity contribution in [2.24, 2.45) is 0 Å². The molecule has 0 saturated carbocycles. The van der Waals surface area contributed by atoms with E-state index in [2.05, 4.69) is 30.2 Å². The molecule has 0 aliphatic carbocycles. The standard InChI is InChI=1S/C24H30N8O3/c1-2-31-21-19(29-22(31)23(34)25-11-5-6-14-33)20(26-15-27-21)30-12-9-16(10-13-30)32-18-8-4-3-7-17(18)28-24(32)35/h3-4,7-8,15-16,33H,2,5-6,9-14H2,1H3,(H,25,34)(H,28,35). The molecule has 1 aliphatic rings. The van der Waals surface area contributed by atoms with Gasteiger partial charge in [0.05, 0.1) is 11.0 Å². The van der Waals surface area contributed by atoms with Crippen molar-refractivity contribution in [1.29, 1.82) is 0 Å². The van der Waals surface area contributed by atoms with Crippen LogP contribution in [0.2, 0.25) is 0 Å². The van der Waals surface area contributed by atoms with Gasteiger partial charge in [0.25, 0.3) is 5.91 Å². The number of nitrogens with one attached hydrogen (secondary N) is 2. The molecular weight excluding hydrogens is 448 g/mol. The summed E-state index contributed by atoms with van der Waals surface area (Å²) in [5, 5.41) is 11.8. The molecule has 0 radical (unpaired) electrons. The Labute approximate surface area is 201 Å². The van der Waals surface area contributed by atoms with Gasteiger partial charge in [0.2, 0.25) is 5.82 Å². The number of nitrogens with zero attached hydrogens (tertiary/aromatic N) is 6. The van der Waals surface area contributed by atoms with E-state index in [1.165, 1.54) is 6.33 Å². The Morgan fingerprint density at radius 2 is 2.00 bits per heavy atom. The Bertz CT molecular complexity index is 1400. The van der Waals surface area contributed by atoms with Crippen LogP contribution in [0.15, 0.2) is 35.4 Å². The molecule has 0 unspecified atom stereocenters. The molecule has 11 nitrogen and oxygen atoms in total. The number of carbonyl (C=O) groups is 1. The number of aliphatic hydroxyl groups is 1. The second-order valence-corrected chi connectivity index (χ2v) is 8.77. The molecular formula is C24H30N8O3. The van der Waals surface area contributed by atoms with Crippen molar-refractivity contribution in [2.45, 2.75) is 45.2 Å². The van der Waals surface area contributed by atoms with E-state index in [-0.39, 0.29) is 24.2 Å². The van der Waals surface area contributed by atoms with Gasteiger partial charge in [-0.1, -0.05) is 12.1 Å². The number of para-hydroxylation sites is 2. The zero-order chi connectivity index (χ0) is 24.4. The van der Waals surface area contributed by atoms with Crippen LogP contribution in [0.25, 0.3) is 22.2 Å². The quantitative estimate of drug-likeness (QED) is 0.329. The van der Waals surface area contributed by atoms with Gasteiger partial charge in [-0.2, -0.15) is 0 Å². The lowest BCUT2D eigenvalue weighted by atomic mass is 10.0. The minimum Gasteiger partial charge on any atom is -0.396 e. The number of fused-ring (bicyclic) bond motifs is 2. The van der Waals surface area contributed by atoms with Gasteiger partial charge in [-0.3, -0.25) is 9.36 Å². The number of carbonyl (C=O) groups excluding carboxylic acids is 1. The average molecular weight is 479 g/mol. The predicted octanol–water partition coefficient (Wildman–Crippen LogP) is 1.83. The number of imidazole rings is 2. The first-order valence-corrected chi connectivity index (χ1v) is 12.2. The van der Waals surface area contributed by atoms with E-state index in [1.807, 2.05) is 35.8 Å². The van der Waals surface area contributed by atoms with E-state index >= 15 is 0 Å². The first kappa shape index (κ1) is 23.0. The Morgan fingerprint density at radius 1 is 1.20 bits per heavy atom. The lowest BCUT2D eigenvalue weighted by Gasteiger charge is -2.33. The van der Waals surface area contributed by atoms with E-state index in [4.69, 9.17) is 5.11 Å². The molecule has 4 heterocycles. The number of aromatic amines is 1. The number of benzene rings is 1. The number of aromatic nitrogens is 6. The maximum atomic E-state index is 12.8. The number of amides is 1. The largest absolute Gasteiger partial charge is 0.396 e. The summed E-state index contributed by atoms with van der Waals surface area (Å²) in [4.78, 5) is 44.1. The molecule has 184 valence electrons. The predicted molar refractivity (Wildman–Crippen MR) is 133 cm³/mol. The Balaban J connectivity index is 1.38. The fraction of sp³-hybridized carbons (Fsp3) is 0.458. The lowest BCUT2D eigenvalue weighted by Crippen LogP contribution is -2.37. The van der Waals surface area contributed by atoms with Gasteiger partial charge >= 0.3 is 5.69 Å². The molecule has 4 aromatic rings. The van der Waals surface area contributed by atoms with Crippen molar-refractivity contribution in [1.82, 2.24) is 34.4 Å². The van der Waals surface area contributed by atoms with Gasteiger partial charge in [-0.15, -0.1) is 0 Å². The second kappa shape index (κ2) is 9.87. The Kier molecular flexibility index (Phi) is 6.49. The van der Waals surface area contributed by atoms with Gasteiger partial charge in [-0.25, -0.2) is 19.7 Å². The molecule has 1 aromatic carbocycles. The van der Waals surface area contributed by atoms with Crippen molar-refractivity contribution >= 4 is 33.9 Å². The monoisotopic (exact) mass is 478 g/mol. The first-order chi connectivity index (χ1) is 17.1. The van der Waals surface area contributed by atoms with Crippen LogP contribution in [-0.2, 0) is 6.54 Å². The third-order valence-electron chi connectivity index (χ3n) is 6.66. The van der Waals surface area contributed by atoms with Crippen molar-refractivity contribution in [3.05, 3.63) is 46.9 Å². The molecule has 0 atom stereocenters. The lowest BCUT2D eigenvalue weighted by molar-refractivity contribution is 0.0938. The summed E-state index contributed by atoms with van der Waals surface area (Å²) in [6.07, 6.45) is 4.44. The van der Waals surface area contributed by atoms with Crippen LogP contribution in [0.1, 0.15) is 49.3 Å². The van der Waals surface area contributed by atoms with Gasteiger partial charge in [0, 0.05) is 38.8 Å². The summed E-state index contributed by atoms with van der Waals surface area (Å²) in [6, 6.07) is 7.86. The zero-order valence-corrected chi connectivity index (χ0v) is 19.8. The van der Waals surface area contributed by atoms with E-state index in [1.54, 1.807) is 4.57 Å². The Morgan fingerprint density at radius 3 is 2.77 bits per heavy atom. The van der Waals surface area contributed by atoms with Crippen LogP contribution < -0.4 is 15.9 Å². The van der Waals surface area contributed by atoms with Crippen LogP contribution >= 0.6 is 0 Å². The van der Waals surface area contributed by atoms with Gasteiger partial charge in [0.15, 0.2) is 17.0 Å². The molecule has 1 amide bonds. The zero-order valence-electron chi connectivity index (χ0n) is 19.8. The number of H-pyrrole nitrogens is 1. The number of hydrogen-bond acceptors (Lipinski definition) is 7. The van der Waals surface area contributed by atoms with Crippen LogP contribution in [0.4, 0.5) is 5.82 Å². The average Bonchev–Trinajstić information content (AvgIpc) is 3.43. The van der Waals surface area contributed by atoms with Crippen molar-refractivity contribution in [3.8, 4) is 0 Å². The van der Waals surface area contributed by atoms with E-state index in [9.17, 15) is 9.59 Å². The third-order valence-corrected chi connectivity index (χ3v) is 6.66. The summed E-state index contributed by atoms with van der Waals surface area (Å²) in [5.41, 5.74) is 2.94. The molecule has 1 aliphatic heterocycles. The summed E-state index contributed by atoms with van der Waals surface area (Å²) in [7, 11) is 0. The number of aliphatic hydroxyl groups excluding tert-OH is 1. The second-order valence-electron chi connectivity index (χ2n) is 8.77. The fourth-order valence-electron chi connectivity index (χ4n) is 4.92. The molecule has 0 spiro atoms. The van der Waals surface area contributed by atoms with Crippen LogP contribution in [0.3, 0.4) is 0 Å². The molecule has 3 N–H and O–H groups in total. The smallest absolute Gasteiger partial charge is 0.326 e. The highest BCUT2D eigenvalue weighted by atomic mass is 16.3. The number of piperidine rings is 1. The fourth-order valence-corrected chi connectivity index (χ4v) is 4.92. The van der Waals surface area contributed by atoms with Crippen molar-refractivity contribution in [3.63, 3.8) is 0 Å². The van der Waals surface area contributed by atoms with Crippen molar-refractivity contribution < 1.29 is 9.90 Å².